The molecule has 1 heterocycles. The Morgan fingerprint density at radius 1 is 0.878 bits per heavy atom. The van der Waals surface area contributed by atoms with Crippen molar-refractivity contribution in [3.63, 3.8) is 0 Å². The second kappa shape index (κ2) is 17.1. The molecule has 0 saturated carbocycles. The van der Waals surface area contributed by atoms with E-state index in [2.05, 4.69) is 17.2 Å². The van der Waals surface area contributed by atoms with Gasteiger partial charge in [-0.05, 0) is 62.1 Å². The molecule has 4 aromatic rings. The van der Waals surface area contributed by atoms with Crippen molar-refractivity contribution in [3.05, 3.63) is 120 Å². The Morgan fingerprint density at radius 3 is 2.37 bits per heavy atom. The summed E-state index contributed by atoms with van der Waals surface area (Å²) in [4.78, 5) is 40.0. The summed E-state index contributed by atoms with van der Waals surface area (Å²) in [5.74, 6) is -0.126. The summed E-state index contributed by atoms with van der Waals surface area (Å²) in [6, 6.07) is 28.9. The number of hydrogen-bond acceptors (Lipinski definition) is 8. The molecule has 255 valence electrons. The molecule has 1 radical (unpaired) electrons. The Hall–Kier alpha value is -5.39. The standard InChI is InChI=1S/C38H42N5O6/c1-3-42(40-27-31-19-20-32(44)26-35(31)48-2)37(46)30-16-12-15-29(25-30)36(45)39-21-24-49-38(47)43(41-22-10-5-11-23-41)34-18-9-8-17-33(34)28-13-6-4-7-14-28/h4-9,12-20,25-26,40,44H,3,10-11,21-24,27H2,1-2H3,(H,39,45). The zero-order valence-corrected chi connectivity index (χ0v) is 27.8. The number of aromatic hydroxyl groups is 1. The maximum Gasteiger partial charge on any atom is 0.429 e. The third kappa shape index (κ3) is 8.95. The summed E-state index contributed by atoms with van der Waals surface area (Å²) >= 11 is 0. The van der Waals surface area contributed by atoms with Gasteiger partial charge in [0, 0.05) is 54.5 Å². The molecule has 49 heavy (non-hydrogen) atoms. The lowest BCUT2D eigenvalue weighted by Crippen LogP contribution is -2.50. The van der Waals surface area contributed by atoms with Crippen LogP contribution in [0.15, 0.2) is 97.1 Å². The van der Waals surface area contributed by atoms with E-state index in [-0.39, 0.29) is 31.4 Å². The molecule has 0 atom stereocenters. The number of hydrazine groups is 2. The predicted octanol–water partition coefficient (Wildman–Crippen LogP) is 5.82. The molecule has 0 aromatic heterocycles. The lowest BCUT2D eigenvalue weighted by atomic mass is 10.0. The van der Waals surface area contributed by atoms with E-state index in [1.54, 1.807) is 35.3 Å². The number of phenols is 1. The van der Waals surface area contributed by atoms with Crippen molar-refractivity contribution >= 4 is 23.6 Å². The number of amides is 3. The first-order valence-electron chi connectivity index (χ1n) is 16.4. The van der Waals surface area contributed by atoms with Gasteiger partial charge in [-0.1, -0.05) is 60.7 Å². The third-order valence-corrected chi connectivity index (χ3v) is 8.13. The molecular weight excluding hydrogens is 622 g/mol. The number of anilines is 1. The normalized spacial score (nSPS) is 12.9. The quantitative estimate of drug-likeness (QED) is 0.121. The Labute approximate surface area is 287 Å². The van der Waals surface area contributed by atoms with Gasteiger partial charge in [0.15, 0.2) is 0 Å². The molecule has 0 unspecified atom stereocenters. The van der Waals surface area contributed by atoms with Crippen molar-refractivity contribution in [2.24, 2.45) is 0 Å². The van der Waals surface area contributed by atoms with Crippen LogP contribution in [-0.2, 0) is 11.3 Å². The van der Waals surface area contributed by atoms with E-state index in [0.29, 0.717) is 36.5 Å². The summed E-state index contributed by atoms with van der Waals surface area (Å²) < 4.78 is 11.0. The van der Waals surface area contributed by atoms with Gasteiger partial charge in [-0.3, -0.25) is 14.6 Å². The average molecular weight is 665 g/mol. The minimum absolute atomic E-state index is 0.0403. The van der Waals surface area contributed by atoms with E-state index in [1.165, 1.54) is 24.3 Å². The van der Waals surface area contributed by atoms with Crippen molar-refractivity contribution < 1.29 is 29.0 Å². The van der Waals surface area contributed by atoms with Gasteiger partial charge < -0.3 is 19.9 Å². The van der Waals surface area contributed by atoms with Crippen LogP contribution < -0.4 is 20.5 Å². The Balaban J connectivity index is 1.19. The third-order valence-electron chi connectivity index (χ3n) is 8.13. The highest BCUT2D eigenvalue weighted by Crippen LogP contribution is 2.33. The molecule has 0 aliphatic carbocycles. The summed E-state index contributed by atoms with van der Waals surface area (Å²) in [5, 5.41) is 17.6. The van der Waals surface area contributed by atoms with Crippen molar-refractivity contribution in [3.8, 4) is 22.6 Å². The minimum atomic E-state index is -0.524. The van der Waals surface area contributed by atoms with E-state index < -0.39 is 12.0 Å². The highest BCUT2D eigenvalue weighted by Gasteiger charge is 2.28. The van der Waals surface area contributed by atoms with Crippen molar-refractivity contribution in [2.45, 2.75) is 26.3 Å². The molecule has 4 aromatic carbocycles. The molecule has 5 rings (SSSR count). The van der Waals surface area contributed by atoms with Crippen LogP contribution in [0.25, 0.3) is 11.1 Å². The maximum atomic E-state index is 13.6. The van der Waals surface area contributed by atoms with Gasteiger partial charge in [-0.25, -0.2) is 20.2 Å². The molecular formula is C38H42N5O6. The summed E-state index contributed by atoms with van der Waals surface area (Å²) in [6.07, 6.45) is 3.40. The second-order valence-corrected chi connectivity index (χ2v) is 11.3. The van der Waals surface area contributed by atoms with Gasteiger partial charge in [0.1, 0.15) is 18.1 Å². The van der Waals surface area contributed by atoms with Crippen molar-refractivity contribution in [2.75, 3.05) is 44.9 Å². The maximum absolute atomic E-state index is 13.6. The second-order valence-electron chi connectivity index (χ2n) is 11.3. The van der Waals surface area contributed by atoms with Crippen LogP contribution >= 0.6 is 0 Å². The number of nitrogens with zero attached hydrogens (tertiary/aromatic N) is 3. The number of nitrogens with one attached hydrogen (secondary N) is 2. The first-order chi connectivity index (χ1) is 23.9. The molecule has 1 aliphatic heterocycles. The summed E-state index contributed by atoms with van der Waals surface area (Å²) in [7, 11) is 1.51. The largest absolute Gasteiger partial charge is 0.508 e. The molecule has 1 fully saturated rings. The molecule has 1 saturated heterocycles. The number of hydrogen-bond donors (Lipinski definition) is 3. The lowest BCUT2D eigenvalue weighted by Gasteiger charge is -2.37. The van der Waals surface area contributed by atoms with Crippen LogP contribution in [0.3, 0.4) is 0 Å². The molecule has 1 aliphatic rings. The number of rotatable bonds is 13. The van der Waals surface area contributed by atoms with Gasteiger partial charge in [0.25, 0.3) is 11.8 Å². The Morgan fingerprint density at radius 2 is 1.61 bits per heavy atom. The van der Waals surface area contributed by atoms with Crippen LogP contribution in [0.1, 0.15) is 46.0 Å². The molecule has 3 N–H and O–H groups in total. The van der Waals surface area contributed by atoms with Crippen LogP contribution in [0.5, 0.6) is 11.5 Å². The Kier molecular flexibility index (Phi) is 12.2. The summed E-state index contributed by atoms with van der Waals surface area (Å²) in [5.41, 5.74) is 7.12. The number of piperidine rings is 1. The number of phenolic OH excluding ortho intramolecular Hbond substituents is 1. The van der Waals surface area contributed by atoms with Gasteiger partial charge in [-0.2, -0.15) is 0 Å². The van der Waals surface area contributed by atoms with Gasteiger partial charge in [0.2, 0.25) is 0 Å². The molecule has 11 heteroatoms. The van der Waals surface area contributed by atoms with E-state index in [4.69, 9.17) is 9.47 Å². The first-order valence-corrected chi connectivity index (χ1v) is 16.4. The first kappa shape index (κ1) is 34.9. The zero-order chi connectivity index (χ0) is 34.6. The summed E-state index contributed by atoms with van der Waals surface area (Å²) in [6.45, 7) is 3.89. The number of para-hydroxylation sites is 1. The molecule has 3 amide bonds. The smallest absolute Gasteiger partial charge is 0.429 e. The van der Waals surface area contributed by atoms with Crippen LogP contribution in [0.2, 0.25) is 0 Å². The fraction of sp³-hybridized carbons (Fsp3) is 0.263. The number of carbonyl (C=O) groups excluding carboxylic acids is 3. The lowest BCUT2D eigenvalue weighted by molar-refractivity contribution is 0.0665. The van der Waals surface area contributed by atoms with Crippen LogP contribution in [0, 0.1) is 6.42 Å². The average Bonchev–Trinajstić information content (AvgIpc) is 3.15. The van der Waals surface area contributed by atoms with Crippen molar-refractivity contribution in [1.82, 2.24) is 20.8 Å². The fourth-order valence-corrected chi connectivity index (χ4v) is 5.63. The van der Waals surface area contributed by atoms with Gasteiger partial charge >= 0.3 is 6.09 Å². The van der Waals surface area contributed by atoms with E-state index >= 15 is 0 Å². The van der Waals surface area contributed by atoms with E-state index in [1.807, 2.05) is 66.5 Å². The molecule has 0 bridgehead atoms. The predicted molar refractivity (Wildman–Crippen MR) is 188 cm³/mol. The van der Waals surface area contributed by atoms with Crippen molar-refractivity contribution in [1.29, 1.82) is 0 Å². The van der Waals surface area contributed by atoms with Gasteiger partial charge in [-0.15, -0.1) is 0 Å². The SMILES string of the molecule is CCN(NCc1ccc(O)cc1OC)C(=O)c1cccc(C(=O)NCCOC(=O)N(c2ccccc2-c2ccccc2)N2CC[CH]CC2)c1. The van der Waals surface area contributed by atoms with E-state index in [9.17, 15) is 19.5 Å². The molecule has 11 nitrogen and oxygen atoms in total. The fourth-order valence-electron chi connectivity index (χ4n) is 5.63. The number of methoxy groups -OCH3 is 1. The highest BCUT2D eigenvalue weighted by molar-refractivity contribution is 5.99. The number of ether oxygens (including phenoxy) is 2. The minimum Gasteiger partial charge on any atom is -0.508 e. The zero-order valence-electron chi connectivity index (χ0n) is 27.8. The number of carbonyl (C=O) groups is 3. The van der Waals surface area contributed by atoms with Crippen LogP contribution in [-0.4, -0.2) is 72.9 Å². The Bertz CT molecular complexity index is 1730. The molecule has 0 spiro atoms. The van der Waals surface area contributed by atoms with Gasteiger partial charge in [0.05, 0.1) is 19.3 Å². The highest BCUT2D eigenvalue weighted by atomic mass is 16.6. The van der Waals surface area contributed by atoms with E-state index in [0.717, 1.165) is 35.2 Å². The van der Waals surface area contributed by atoms with Crippen LogP contribution in [0.4, 0.5) is 10.5 Å². The number of benzene rings is 4. The monoisotopic (exact) mass is 664 g/mol. The topological polar surface area (TPSA) is 124 Å².